The standard InChI is InChI=1S/C18H28N4O.HI/c1-4-23-12-6-10-20-18(19-3)21-11-9-15-13-22-16-8-5-7-14(2)17(15)16;/h5,7-8,13,22H,4,6,9-12H2,1-3H3,(H2,19,20,21);1H. The topological polar surface area (TPSA) is 61.4 Å². The van der Waals surface area contributed by atoms with Gasteiger partial charge in [-0.25, -0.2) is 0 Å². The van der Waals surface area contributed by atoms with Gasteiger partial charge in [-0.05, 0) is 43.9 Å². The first-order valence-corrected chi connectivity index (χ1v) is 8.34. The predicted molar refractivity (Wildman–Crippen MR) is 113 cm³/mol. The van der Waals surface area contributed by atoms with Gasteiger partial charge in [0, 0.05) is 50.5 Å². The number of rotatable bonds is 8. The molecule has 3 N–H and O–H groups in total. The highest BCUT2D eigenvalue weighted by Crippen LogP contribution is 2.22. The van der Waals surface area contributed by atoms with Gasteiger partial charge in [-0.2, -0.15) is 0 Å². The van der Waals surface area contributed by atoms with Crippen molar-refractivity contribution in [3.63, 3.8) is 0 Å². The van der Waals surface area contributed by atoms with Gasteiger partial charge in [0.15, 0.2) is 5.96 Å². The number of benzene rings is 1. The van der Waals surface area contributed by atoms with Crippen LogP contribution < -0.4 is 10.6 Å². The van der Waals surface area contributed by atoms with Gasteiger partial charge >= 0.3 is 0 Å². The molecule has 0 fully saturated rings. The molecule has 0 bridgehead atoms. The van der Waals surface area contributed by atoms with E-state index < -0.39 is 0 Å². The molecule has 2 aromatic rings. The lowest BCUT2D eigenvalue weighted by Gasteiger charge is -2.11. The zero-order valence-corrected chi connectivity index (χ0v) is 17.1. The molecule has 0 saturated carbocycles. The zero-order valence-electron chi connectivity index (χ0n) is 14.8. The molecule has 1 aromatic heterocycles. The molecule has 1 aromatic carbocycles. The molecule has 0 aliphatic heterocycles. The Morgan fingerprint density at radius 3 is 2.79 bits per heavy atom. The number of ether oxygens (including phenoxy) is 1. The summed E-state index contributed by atoms with van der Waals surface area (Å²) in [6.07, 6.45) is 4.05. The third kappa shape index (κ3) is 5.98. The number of aromatic amines is 1. The van der Waals surface area contributed by atoms with Crippen LogP contribution in [-0.4, -0.2) is 44.3 Å². The van der Waals surface area contributed by atoms with Crippen LogP contribution in [0.1, 0.15) is 24.5 Å². The van der Waals surface area contributed by atoms with Crippen molar-refractivity contribution >= 4 is 40.8 Å². The van der Waals surface area contributed by atoms with Gasteiger partial charge in [0.25, 0.3) is 0 Å². The molecule has 6 heteroatoms. The zero-order chi connectivity index (χ0) is 16.5. The molecule has 0 amide bonds. The monoisotopic (exact) mass is 444 g/mol. The number of H-pyrrole nitrogens is 1. The largest absolute Gasteiger partial charge is 0.382 e. The highest BCUT2D eigenvalue weighted by molar-refractivity contribution is 14.0. The number of nitrogens with zero attached hydrogens (tertiary/aromatic N) is 1. The fourth-order valence-electron chi connectivity index (χ4n) is 2.71. The first kappa shape index (κ1) is 20.8. The predicted octanol–water partition coefficient (Wildman–Crippen LogP) is 3.23. The van der Waals surface area contributed by atoms with Gasteiger partial charge in [-0.15, -0.1) is 24.0 Å². The van der Waals surface area contributed by atoms with Gasteiger partial charge in [-0.1, -0.05) is 12.1 Å². The molecule has 0 aliphatic carbocycles. The van der Waals surface area contributed by atoms with Crippen molar-refractivity contribution in [2.24, 2.45) is 4.99 Å². The fraction of sp³-hybridized carbons (Fsp3) is 0.500. The number of halogens is 1. The Bertz CT molecular complexity index is 639. The van der Waals surface area contributed by atoms with E-state index in [-0.39, 0.29) is 24.0 Å². The van der Waals surface area contributed by atoms with Crippen molar-refractivity contribution in [2.45, 2.75) is 26.7 Å². The van der Waals surface area contributed by atoms with Gasteiger partial charge < -0.3 is 20.4 Å². The Hall–Kier alpha value is -1.28. The minimum atomic E-state index is 0. The second-order valence-electron chi connectivity index (χ2n) is 5.54. The number of hydrogen-bond acceptors (Lipinski definition) is 2. The normalized spacial score (nSPS) is 11.4. The minimum Gasteiger partial charge on any atom is -0.382 e. The van der Waals surface area contributed by atoms with Gasteiger partial charge in [0.1, 0.15) is 0 Å². The van der Waals surface area contributed by atoms with E-state index in [1.807, 2.05) is 6.92 Å². The molecule has 0 saturated heterocycles. The lowest BCUT2D eigenvalue weighted by Crippen LogP contribution is -2.39. The summed E-state index contributed by atoms with van der Waals surface area (Å²) in [4.78, 5) is 7.60. The van der Waals surface area contributed by atoms with Crippen LogP contribution in [-0.2, 0) is 11.2 Å². The molecule has 1 heterocycles. The van der Waals surface area contributed by atoms with Crippen molar-refractivity contribution in [3.8, 4) is 0 Å². The van der Waals surface area contributed by atoms with Crippen LogP contribution in [0.4, 0.5) is 0 Å². The summed E-state index contributed by atoms with van der Waals surface area (Å²) in [6, 6.07) is 6.37. The van der Waals surface area contributed by atoms with E-state index in [9.17, 15) is 0 Å². The van der Waals surface area contributed by atoms with Crippen LogP contribution in [0.3, 0.4) is 0 Å². The van der Waals surface area contributed by atoms with Crippen LogP contribution in [0.25, 0.3) is 10.9 Å². The third-order valence-electron chi connectivity index (χ3n) is 3.87. The fourth-order valence-corrected chi connectivity index (χ4v) is 2.71. The molecular weight excluding hydrogens is 415 g/mol. The van der Waals surface area contributed by atoms with Crippen molar-refractivity contribution < 1.29 is 4.74 Å². The number of hydrogen-bond donors (Lipinski definition) is 3. The minimum absolute atomic E-state index is 0. The van der Waals surface area contributed by atoms with Crippen molar-refractivity contribution in [3.05, 3.63) is 35.5 Å². The smallest absolute Gasteiger partial charge is 0.190 e. The lowest BCUT2D eigenvalue weighted by atomic mass is 10.1. The van der Waals surface area contributed by atoms with Crippen molar-refractivity contribution in [1.29, 1.82) is 0 Å². The molecule has 24 heavy (non-hydrogen) atoms. The molecule has 0 aliphatic rings. The van der Waals surface area contributed by atoms with Crippen LogP contribution >= 0.6 is 24.0 Å². The second-order valence-corrected chi connectivity index (χ2v) is 5.54. The van der Waals surface area contributed by atoms with Crippen LogP contribution in [0, 0.1) is 6.92 Å². The molecule has 0 spiro atoms. The molecular formula is C18H29IN4O. The highest BCUT2D eigenvalue weighted by atomic mass is 127. The van der Waals surface area contributed by atoms with Gasteiger partial charge in [-0.3, -0.25) is 4.99 Å². The molecule has 0 unspecified atom stereocenters. The van der Waals surface area contributed by atoms with Gasteiger partial charge in [0.05, 0.1) is 0 Å². The number of nitrogens with one attached hydrogen (secondary N) is 3. The van der Waals surface area contributed by atoms with Gasteiger partial charge in [0.2, 0.25) is 0 Å². The van der Waals surface area contributed by atoms with E-state index in [1.54, 1.807) is 7.05 Å². The lowest BCUT2D eigenvalue weighted by molar-refractivity contribution is 0.145. The summed E-state index contributed by atoms with van der Waals surface area (Å²) in [5, 5.41) is 8.02. The van der Waals surface area contributed by atoms with Crippen LogP contribution in [0.15, 0.2) is 29.4 Å². The molecule has 5 nitrogen and oxygen atoms in total. The first-order chi connectivity index (χ1) is 11.3. The summed E-state index contributed by atoms with van der Waals surface area (Å²) in [7, 11) is 1.80. The summed E-state index contributed by atoms with van der Waals surface area (Å²) in [5.41, 5.74) is 3.87. The number of aryl methyl sites for hydroxylation is 1. The first-order valence-electron chi connectivity index (χ1n) is 8.34. The number of aromatic nitrogens is 1. The summed E-state index contributed by atoms with van der Waals surface area (Å²) in [6.45, 7) is 7.46. The van der Waals surface area contributed by atoms with E-state index in [1.165, 1.54) is 22.0 Å². The Balaban J connectivity index is 0.00000288. The molecule has 0 atom stereocenters. The SMILES string of the molecule is CCOCCCNC(=NC)NCCc1c[nH]c2cccc(C)c12.I. The van der Waals surface area contributed by atoms with Crippen LogP contribution in [0.2, 0.25) is 0 Å². The second kappa shape index (κ2) is 11.3. The molecule has 134 valence electrons. The highest BCUT2D eigenvalue weighted by Gasteiger charge is 2.06. The van der Waals surface area contributed by atoms with E-state index in [2.05, 4.69) is 51.9 Å². The maximum Gasteiger partial charge on any atom is 0.190 e. The maximum absolute atomic E-state index is 5.33. The van der Waals surface area contributed by atoms with E-state index in [0.717, 1.165) is 45.1 Å². The Kier molecular flexibility index (Phi) is 9.78. The number of guanidine groups is 1. The average Bonchev–Trinajstić information content (AvgIpc) is 2.97. The van der Waals surface area contributed by atoms with E-state index in [0.29, 0.717) is 0 Å². The Morgan fingerprint density at radius 1 is 1.25 bits per heavy atom. The summed E-state index contributed by atoms with van der Waals surface area (Å²) >= 11 is 0. The average molecular weight is 444 g/mol. The van der Waals surface area contributed by atoms with Crippen molar-refractivity contribution in [2.75, 3.05) is 33.4 Å². The number of fused-ring (bicyclic) bond motifs is 1. The van der Waals surface area contributed by atoms with Crippen molar-refractivity contribution in [1.82, 2.24) is 15.6 Å². The number of aliphatic imine (C=N–C) groups is 1. The van der Waals surface area contributed by atoms with E-state index in [4.69, 9.17) is 4.74 Å². The molecule has 0 radical (unpaired) electrons. The van der Waals surface area contributed by atoms with E-state index >= 15 is 0 Å². The summed E-state index contributed by atoms with van der Waals surface area (Å²) in [5.74, 6) is 0.845. The molecule has 2 rings (SSSR count). The Morgan fingerprint density at radius 2 is 2.04 bits per heavy atom. The van der Waals surface area contributed by atoms with Crippen LogP contribution in [0.5, 0.6) is 0 Å². The quantitative estimate of drug-likeness (QED) is 0.254. The third-order valence-corrected chi connectivity index (χ3v) is 3.87. The summed E-state index contributed by atoms with van der Waals surface area (Å²) < 4.78 is 5.33. The Labute approximate surface area is 161 Å². The maximum atomic E-state index is 5.33.